The Bertz CT molecular complexity index is 1230. The Kier molecular flexibility index (Phi) is 6.25. The number of imide groups is 1. The van der Waals surface area contributed by atoms with Crippen molar-refractivity contribution in [1.82, 2.24) is 5.01 Å². The van der Waals surface area contributed by atoms with Crippen LogP contribution < -0.4 is 14.8 Å². The molecule has 1 saturated carbocycles. The lowest BCUT2D eigenvalue weighted by Gasteiger charge is -2.15. The molecule has 1 aliphatic heterocycles. The molecule has 1 saturated heterocycles. The molecule has 1 heterocycles. The highest BCUT2D eigenvalue weighted by molar-refractivity contribution is 6.31. The van der Waals surface area contributed by atoms with Crippen LogP contribution in [0.3, 0.4) is 0 Å². The molecule has 5 rings (SSSR count). The molecule has 2 aliphatic carbocycles. The summed E-state index contributed by atoms with van der Waals surface area (Å²) in [5.41, 5.74) is 0.917. The van der Waals surface area contributed by atoms with Crippen LogP contribution in [0.2, 0.25) is 10.0 Å². The second kappa shape index (κ2) is 9.36. The average Bonchev–Trinajstić information content (AvgIpc) is 3.52. The van der Waals surface area contributed by atoms with Gasteiger partial charge in [0.1, 0.15) is 0 Å². The summed E-state index contributed by atoms with van der Waals surface area (Å²) >= 11 is 12.1. The monoisotopic (exact) mass is 513 g/mol. The molecule has 2 bridgehead atoms. The molecule has 10 heteroatoms. The zero-order chi connectivity index (χ0) is 24.7. The fraction of sp³-hybridized carbons (Fsp3) is 0.280. The van der Waals surface area contributed by atoms with Gasteiger partial charge in [0.25, 0.3) is 17.7 Å². The number of hydrogen-bond acceptors (Lipinski definition) is 6. The van der Waals surface area contributed by atoms with Crippen LogP contribution in [-0.4, -0.2) is 42.7 Å². The van der Waals surface area contributed by atoms with Gasteiger partial charge in [-0.15, -0.1) is 0 Å². The zero-order valence-electron chi connectivity index (χ0n) is 18.6. The van der Waals surface area contributed by atoms with Gasteiger partial charge >= 0.3 is 0 Å². The molecule has 4 atom stereocenters. The van der Waals surface area contributed by atoms with Gasteiger partial charge in [-0.05, 0) is 48.6 Å². The second-order valence-electron chi connectivity index (χ2n) is 8.60. The predicted molar refractivity (Wildman–Crippen MR) is 131 cm³/mol. The number of anilines is 1. The standard InChI is InChI=1S/C25H21Cl2N3O5/c1-34-19-10-17(27)9-15(23(19)35-12-20(31)29-18-6-4-16(26)5-7-18)11-28-30-24(32)21-13-2-3-14(8-13)22(21)25(30)33/h2-7,9-11,13-14,21-22H,8,12H2,1H3,(H,29,31)/t13-,14-,21-,22+/m0/s1. The number of hydrazone groups is 1. The van der Waals surface area contributed by atoms with E-state index in [1.165, 1.54) is 19.4 Å². The third-order valence-corrected chi connectivity index (χ3v) is 6.97. The molecule has 8 nitrogen and oxygen atoms in total. The third kappa shape index (κ3) is 4.39. The van der Waals surface area contributed by atoms with E-state index >= 15 is 0 Å². The van der Waals surface area contributed by atoms with Gasteiger partial charge in [-0.1, -0.05) is 35.4 Å². The first-order chi connectivity index (χ1) is 16.9. The van der Waals surface area contributed by atoms with Gasteiger partial charge in [0, 0.05) is 27.4 Å². The second-order valence-corrected chi connectivity index (χ2v) is 9.48. The molecule has 0 radical (unpaired) electrons. The first-order valence-electron chi connectivity index (χ1n) is 11.0. The number of nitrogens with one attached hydrogen (secondary N) is 1. The molecule has 0 unspecified atom stereocenters. The minimum Gasteiger partial charge on any atom is -0.493 e. The van der Waals surface area contributed by atoms with Gasteiger partial charge in [-0.2, -0.15) is 10.1 Å². The number of halogens is 2. The van der Waals surface area contributed by atoms with Crippen molar-refractivity contribution >= 4 is 52.8 Å². The molecule has 35 heavy (non-hydrogen) atoms. The van der Waals surface area contributed by atoms with Crippen molar-refractivity contribution in [3.05, 3.63) is 64.2 Å². The maximum Gasteiger partial charge on any atom is 0.262 e. The number of benzene rings is 2. The lowest BCUT2D eigenvalue weighted by molar-refractivity contribution is -0.140. The SMILES string of the molecule is COc1cc(Cl)cc(C=NN2C(=O)[C@@H]3[C@H](C2=O)[C@H]2C=C[C@H]3C2)c1OCC(=O)Nc1ccc(Cl)cc1. The van der Waals surface area contributed by atoms with Gasteiger partial charge in [-0.3, -0.25) is 14.4 Å². The number of rotatable bonds is 7. The summed E-state index contributed by atoms with van der Waals surface area (Å²) in [6.45, 7) is -0.331. The van der Waals surface area contributed by atoms with E-state index in [1.807, 2.05) is 12.2 Å². The summed E-state index contributed by atoms with van der Waals surface area (Å²) in [6.07, 6.45) is 6.21. The third-order valence-electron chi connectivity index (χ3n) is 6.50. The van der Waals surface area contributed by atoms with Gasteiger partial charge in [0.05, 0.1) is 25.2 Å². The Morgan fingerprint density at radius 1 is 1.09 bits per heavy atom. The highest BCUT2D eigenvalue weighted by Gasteiger charge is 2.59. The molecule has 180 valence electrons. The summed E-state index contributed by atoms with van der Waals surface area (Å²) in [6, 6.07) is 9.74. The summed E-state index contributed by atoms with van der Waals surface area (Å²) in [5.74, 6) is -1.06. The van der Waals surface area contributed by atoms with Crippen LogP contribution in [-0.2, 0) is 14.4 Å². The molecule has 0 spiro atoms. The maximum absolute atomic E-state index is 12.9. The number of carbonyl (C=O) groups excluding carboxylic acids is 3. The van der Waals surface area contributed by atoms with Crippen molar-refractivity contribution in [3.8, 4) is 11.5 Å². The van der Waals surface area contributed by atoms with Crippen molar-refractivity contribution in [1.29, 1.82) is 0 Å². The van der Waals surface area contributed by atoms with Gasteiger partial charge in [0.15, 0.2) is 18.1 Å². The van der Waals surface area contributed by atoms with Gasteiger partial charge in [-0.25, -0.2) is 0 Å². The number of nitrogens with zero attached hydrogens (tertiary/aromatic N) is 2. The van der Waals surface area contributed by atoms with E-state index in [9.17, 15) is 14.4 Å². The van der Waals surface area contributed by atoms with Crippen LogP contribution in [0.5, 0.6) is 11.5 Å². The summed E-state index contributed by atoms with van der Waals surface area (Å²) < 4.78 is 11.1. The van der Waals surface area contributed by atoms with Crippen LogP contribution in [0, 0.1) is 23.7 Å². The van der Waals surface area contributed by atoms with E-state index in [1.54, 1.807) is 30.3 Å². The van der Waals surface area contributed by atoms with Crippen LogP contribution in [0.1, 0.15) is 12.0 Å². The molecular weight excluding hydrogens is 493 g/mol. The maximum atomic E-state index is 12.9. The first-order valence-corrected chi connectivity index (χ1v) is 11.8. The van der Waals surface area contributed by atoms with E-state index in [0.29, 0.717) is 21.3 Å². The highest BCUT2D eigenvalue weighted by atomic mass is 35.5. The number of methoxy groups -OCH3 is 1. The number of hydrogen-bond donors (Lipinski definition) is 1. The molecule has 3 aliphatic rings. The Balaban J connectivity index is 1.34. The van der Waals surface area contributed by atoms with E-state index in [-0.39, 0.29) is 53.6 Å². The quantitative estimate of drug-likeness (QED) is 0.340. The van der Waals surface area contributed by atoms with Crippen LogP contribution in [0.25, 0.3) is 0 Å². The van der Waals surface area contributed by atoms with E-state index < -0.39 is 5.91 Å². The summed E-state index contributed by atoms with van der Waals surface area (Å²) in [4.78, 5) is 38.2. The van der Waals surface area contributed by atoms with Crippen LogP contribution in [0.4, 0.5) is 5.69 Å². The van der Waals surface area contributed by atoms with Crippen molar-refractivity contribution in [2.75, 3.05) is 19.0 Å². The number of carbonyl (C=O) groups is 3. The molecule has 2 aromatic rings. The number of allylic oxidation sites excluding steroid dienone is 2. The molecule has 1 N–H and O–H groups in total. The first kappa shape index (κ1) is 23.4. The molecule has 0 aromatic heterocycles. The van der Waals surface area contributed by atoms with Crippen molar-refractivity contribution in [2.45, 2.75) is 6.42 Å². The van der Waals surface area contributed by atoms with Crippen LogP contribution >= 0.6 is 23.2 Å². The van der Waals surface area contributed by atoms with E-state index in [0.717, 1.165) is 11.4 Å². The Hall–Kier alpha value is -3.36. The zero-order valence-corrected chi connectivity index (χ0v) is 20.1. The van der Waals surface area contributed by atoms with Crippen LogP contribution in [0.15, 0.2) is 53.7 Å². The fourth-order valence-corrected chi connectivity index (χ4v) is 5.32. The van der Waals surface area contributed by atoms with Gasteiger partial charge < -0.3 is 14.8 Å². The minimum absolute atomic E-state index is 0.0889. The average molecular weight is 514 g/mol. The number of amides is 3. The Morgan fingerprint density at radius 3 is 2.37 bits per heavy atom. The lowest BCUT2D eigenvalue weighted by atomic mass is 9.85. The minimum atomic E-state index is -0.409. The summed E-state index contributed by atoms with van der Waals surface area (Å²) in [5, 5.41) is 8.72. The van der Waals surface area contributed by atoms with E-state index in [2.05, 4.69) is 10.4 Å². The lowest BCUT2D eigenvalue weighted by Crippen LogP contribution is -2.28. The molecule has 3 amide bonds. The van der Waals surface area contributed by atoms with Gasteiger partial charge in [0.2, 0.25) is 0 Å². The number of fused-ring (bicyclic) bond motifs is 5. The topological polar surface area (TPSA) is 97.3 Å². The highest BCUT2D eigenvalue weighted by Crippen LogP contribution is 2.52. The normalized spacial score (nSPS) is 24.4. The smallest absolute Gasteiger partial charge is 0.262 e. The molecule has 2 fully saturated rings. The largest absolute Gasteiger partial charge is 0.493 e. The Morgan fingerprint density at radius 2 is 1.74 bits per heavy atom. The van der Waals surface area contributed by atoms with Crippen molar-refractivity contribution in [2.24, 2.45) is 28.8 Å². The molecule has 2 aromatic carbocycles. The summed E-state index contributed by atoms with van der Waals surface area (Å²) in [7, 11) is 1.44. The number of ether oxygens (including phenoxy) is 2. The van der Waals surface area contributed by atoms with Crippen molar-refractivity contribution in [3.63, 3.8) is 0 Å². The van der Waals surface area contributed by atoms with E-state index in [4.69, 9.17) is 32.7 Å². The van der Waals surface area contributed by atoms with Crippen molar-refractivity contribution < 1.29 is 23.9 Å². The fourth-order valence-electron chi connectivity index (χ4n) is 4.98. The Labute approximate surface area is 211 Å². The molecular formula is C25H21Cl2N3O5. The predicted octanol–water partition coefficient (Wildman–Crippen LogP) is 4.16.